The molecular weight excluding hydrogens is 442 g/mol. The molecule has 0 aliphatic rings. The average Bonchev–Trinajstić information content (AvgIpc) is 3.43. The molecule has 9 nitrogen and oxygen atoms in total. The van der Waals surface area contributed by atoms with E-state index in [-0.39, 0.29) is 17.6 Å². The lowest BCUT2D eigenvalue weighted by Gasteiger charge is -2.11. The number of pyridine rings is 2. The highest BCUT2D eigenvalue weighted by atomic mass is 16.2. The van der Waals surface area contributed by atoms with Crippen molar-refractivity contribution in [2.24, 2.45) is 0 Å². The summed E-state index contributed by atoms with van der Waals surface area (Å²) in [6.45, 7) is 6.92. The van der Waals surface area contributed by atoms with Gasteiger partial charge < -0.3 is 5.32 Å². The molecule has 0 bridgehead atoms. The van der Waals surface area contributed by atoms with Gasteiger partial charge in [0, 0.05) is 30.9 Å². The van der Waals surface area contributed by atoms with Gasteiger partial charge in [0.05, 0.1) is 22.8 Å². The van der Waals surface area contributed by atoms with E-state index in [0.29, 0.717) is 41.8 Å². The number of carbonyl (C=O) groups is 1. The van der Waals surface area contributed by atoms with Crippen molar-refractivity contribution in [3.05, 3.63) is 82.5 Å². The van der Waals surface area contributed by atoms with Crippen molar-refractivity contribution in [1.82, 2.24) is 34.3 Å². The lowest BCUT2D eigenvalue weighted by Crippen LogP contribution is -2.27. The molecule has 5 aromatic rings. The Balaban J connectivity index is 1.37. The minimum absolute atomic E-state index is 0.105. The van der Waals surface area contributed by atoms with Gasteiger partial charge in [0.15, 0.2) is 11.3 Å². The number of amides is 1. The van der Waals surface area contributed by atoms with Gasteiger partial charge in [0.1, 0.15) is 0 Å². The Labute approximate surface area is 202 Å². The van der Waals surface area contributed by atoms with Gasteiger partial charge >= 0.3 is 5.69 Å². The Hall–Kier alpha value is -4.27. The number of rotatable bonds is 7. The van der Waals surface area contributed by atoms with Gasteiger partial charge in [-0.2, -0.15) is 5.10 Å². The summed E-state index contributed by atoms with van der Waals surface area (Å²) in [5, 5.41) is 12.5. The molecule has 0 fully saturated rings. The van der Waals surface area contributed by atoms with E-state index < -0.39 is 0 Å². The molecule has 178 valence electrons. The number of benzene rings is 1. The van der Waals surface area contributed by atoms with Crippen molar-refractivity contribution in [2.45, 2.75) is 39.8 Å². The molecule has 1 amide bonds. The average molecular weight is 470 g/mol. The van der Waals surface area contributed by atoms with E-state index >= 15 is 0 Å². The Bertz CT molecular complexity index is 1580. The molecule has 5 rings (SSSR count). The van der Waals surface area contributed by atoms with Crippen molar-refractivity contribution < 1.29 is 4.79 Å². The van der Waals surface area contributed by atoms with Crippen LogP contribution in [-0.4, -0.2) is 41.4 Å². The number of carbonyl (C=O) groups excluding carboxylic acids is 1. The highest BCUT2D eigenvalue weighted by Crippen LogP contribution is 2.26. The third-order valence-electron chi connectivity index (χ3n) is 5.97. The molecule has 0 unspecified atom stereocenters. The minimum Gasteiger partial charge on any atom is -0.352 e. The standard InChI is InChI=1S/C26H27N7O2/c1-17(2)33-24-21(16-28-33)20(15-22(29-24)19-10-8-18(3)9-11-19)25(34)27-12-6-14-32-26(35)31-13-5-4-7-23(31)30-32/h4-5,7-11,13,15-17H,6,12,14H2,1-3H3,(H,27,34). The van der Waals surface area contributed by atoms with Crippen molar-refractivity contribution >= 4 is 22.6 Å². The van der Waals surface area contributed by atoms with Gasteiger partial charge in [-0.3, -0.25) is 9.20 Å². The molecular formula is C26H27N7O2. The van der Waals surface area contributed by atoms with Gasteiger partial charge in [0.25, 0.3) is 5.91 Å². The van der Waals surface area contributed by atoms with Crippen LogP contribution in [0.15, 0.2) is 65.7 Å². The summed E-state index contributed by atoms with van der Waals surface area (Å²) < 4.78 is 4.76. The van der Waals surface area contributed by atoms with E-state index in [0.717, 1.165) is 16.8 Å². The summed E-state index contributed by atoms with van der Waals surface area (Å²) in [6, 6.07) is 15.4. The van der Waals surface area contributed by atoms with Crippen molar-refractivity contribution in [2.75, 3.05) is 6.54 Å². The summed E-state index contributed by atoms with van der Waals surface area (Å²) >= 11 is 0. The quantitative estimate of drug-likeness (QED) is 0.367. The molecule has 1 N–H and O–H groups in total. The lowest BCUT2D eigenvalue weighted by molar-refractivity contribution is 0.0954. The molecule has 0 radical (unpaired) electrons. The zero-order valence-corrected chi connectivity index (χ0v) is 20.0. The van der Waals surface area contributed by atoms with E-state index in [4.69, 9.17) is 4.98 Å². The van der Waals surface area contributed by atoms with Gasteiger partial charge in [-0.05, 0) is 45.4 Å². The number of nitrogens with zero attached hydrogens (tertiary/aromatic N) is 6. The molecule has 1 aromatic carbocycles. The summed E-state index contributed by atoms with van der Waals surface area (Å²) in [5.41, 5.74) is 4.44. The van der Waals surface area contributed by atoms with Gasteiger partial charge in [-0.25, -0.2) is 19.1 Å². The Morgan fingerprint density at radius 1 is 1.11 bits per heavy atom. The number of aromatic nitrogens is 6. The molecule has 0 aliphatic carbocycles. The molecule has 9 heteroatoms. The minimum atomic E-state index is -0.198. The molecule has 0 saturated heterocycles. The van der Waals surface area contributed by atoms with Crippen molar-refractivity contribution in [1.29, 1.82) is 0 Å². The third-order valence-corrected chi connectivity index (χ3v) is 5.97. The Kier molecular flexibility index (Phi) is 5.90. The van der Waals surface area contributed by atoms with Crippen LogP contribution in [0.25, 0.3) is 27.9 Å². The second-order valence-corrected chi connectivity index (χ2v) is 8.89. The van der Waals surface area contributed by atoms with Crippen LogP contribution >= 0.6 is 0 Å². The normalized spacial score (nSPS) is 11.5. The largest absolute Gasteiger partial charge is 0.352 e. The Morgan fingerprint density at radius 2 is 1.91 bits per heavy atom. The first-order chi connectivity index (χ1) is 16.9. The number of hydrogen-bond acceptors (Lipinski definition) is 5. The molecule has 35 heavy (non-hydrogen) atoms. The van der Waals surface area contributed by atoms with Crippen molar-refractivity contribution in [3.8, 4) is 11.3 Å². The second-order valence-electron chi connectivity index (χ2n) is 8.89. The number of fused-ring (bicyclic) bond motifs is 2. The van der Waals surface area contributed by atoms with E-state index in [2.05, 4.69) is 15.5 Å². The van der Waals surface area contributed by atoms with Crippen LogP contribution < -0.4 is 11.0 Å². The summed E-state index contributed by atoms with van der Waals surface area (Å²) in [4.78, 5) is 30.5. The number of hydrogen-bond donors (Lipinski definition) is 1. The summed E-state index contributed by atoms with van der Waals surface area (Å²) in [6.07, 6.45) is 3.97. The first-order valence-corrected chi connectivity index (χ1v) is 11.7. The monoisotopic (exact) mass is 469 g/mol. The molecule has 0 spiro atoms. The smallest absolute Gasteiger partial charge is 0.350 e. The molecule has 0 aliphatic heterocycles. The van der Waals surface area contributed by atoms with Crippen LogP contribution in [0.4, 0.5) is 0 Å². The highest BCUT2D eigenvalue weighted by Gasteiger charge is 2.18. The zero-order chi connectivity index (χ0) is 24.5. The fourth-order valence-corrected chi connectivity index (χ4v) is 4.10. The van der Waals surface area contributed by atoms with E-state index in [1.807, 2.05) is 61.9 Å². The fourth-order valence-electron chi connectivity index (χ4n) is 4.10. The second kappa shape index (κ2) is 9.17. The molecule has 0 atom stereocenters. The summed E-state index contributed by atoms with van der Waals surface area (Å²) in [5.74, 6) is -0.198. The molecule has 4 heterocycles. The topological polar surface area (TPSA) is 99.1 Å². The highest BCUT2D eigenvalue weighted by molar-refractivity contribution is 6.06. The third kappa shape index (κ3) is 4.32. The van der Waals surface area contributed by atoms with Gasteiger partial charge in [-0.15, -0.1) is 5.10 Å². The lowest BCUT2D eigenvalue weighted by atomic mass is 10.1. The Morgan fingerprint density at radius 3 is 2.66 bits per heavy atom. The summed E-state index contributed by atoms with van der Waals surface area (Å²) in [7, 11) is 0. The van der Waals surface area contributed by atoms with Crippen LogP contribution in [0.2, 0.25) is 0 Å². The first-order valence-electron chi connectivity index (χ1n) is 11.7. The maximum atomic E-state index is 13.2. The predicted molar refractivity (Wildman–Crippen MR) is 134 cm³/mol. The van der Waals surface area contributed by atoms with E-state index in [9.17, 15) is 9.59 Å². The fraction of sp³-hybridized carbons (Fsp3) is 0.269. The van der Waals surface area contributed by atoms with Crippen molar-refractivity contribution in [3.63, 3.8) is 0 Å². The predicted octanol–water partition coefficient (Wildman–Crippen LogP) is 3.62. The van der Waals surface area contributed by atoms with Crippen LogP contribution in [0.1, 0.15) is 42.2 Å². The molecule has 4 aromatic heterocycles. The maximum Gasteiger partial charge on any atom is 0.350 e. The van der Waals surface area contributed by atoms with Crippen LogP contribution in [0.3, 0.4) is 0 Å². The SMILES string of the molecule is Cc1ccc(-c2cc(C(=O)NCCCn3nc4ccccn4c3=O)c3cnn(C(C)C)c3n2)cc1. The van der Waals surface area contributed by atoms with E-state index in [1.165, 1.54) is 9.08 Å². The van der Waals surface area contributed by atoms with Gasteiger partial charge in [-0.1, -0.05) is 35.9 Å². The van der Waals surface area contributed by atoms with Crippen LogP contribution in [-0.2, 0) is 6.54 Å². The maximum absolute atomic E-state index is 13.2. The number of nitrogens with one attached hydrogen (secondary N) is 1. The first kappa shape index (κ1) is 22.5. The zero-order valence-electron chi connectivity index (χ0n) is 20.0. The van der Waals surface area contributed by atoms with Crippen LogP contribution in [0, 0.1) is 6.92 Å². The molecule has 0 saturated carbocycles. The number of aryl methyl sites for hydroxylation is 2. The van der Waals surface area contributed by atoms with E-state index in [1.54, 1.807) is 24.5 Å². The van der Waals surface area contributed by atoms with Crippen LogP contribution in [0.5, 0.6) is 0 Å². The van der Waals surface area contributed by atoms with Gasteiger partial charge in [0.2, 0.25) is 0 Å².